The summed E-state index contributed by atoms with van der Waals surface area (Å²) in [5, 5.41) is 7.50. The number of nitrogens with one attached hydrogen (secondary N) is 3. The summed E-state index contributed by atoms with van der Waals surface area (Å²) in [5.41, 5.74) is 5.11. The monoisotopic (exact) mass is 315 g/mol. The summed E-state index contributed by atoms with van der Waals surface area (Å²) in [7, 11) is 0. The van der Waals surface area contributed by atoms with Crippen LogP contribution >= 0.6 is 0 Å². The van der Waals surface area contributed by atoms with Crippen LogP contribution in [0.5, 0.6) is 0 Å². The number of benzene rings is 1. The lowest BCUT2D eigenvalue weighted by Crippen LogP contribution is -2.35. The number of aryl methyl sites for hydroxylation is 3. The predicted octanol–water partition coefficient (Wildman–Crippen LogP) is 2.06. The van der Waals surface area contributed by atoms with Crippen LogP contribution in [0.3, 0.4) is 0 Å². The van der Waals surface area contributed by atoms with Gasteiger partial charge in [0.2, 0.25) is 0 Å². The second-order valence-corrected chi connectivity index (χ2v) is 6.48. The molecule has 23 heavy (non-hydrogen) atoms. The lowest BCUT2D eigenvalue weighted by molar-refractivity contribution is 0.0917. The van der Waals surface area contributed by atoms with E-state index in [4.69, 9.17) is 4.74 Å². The summed E-state index contributed by atoms with van der Waals surface area (Å²) in [6.45, 7) is 9.97. The quantitative estimate of drug-likeness (QED) is 0.812. The van der Waals surface area contributed by atoms with Crippen LogP contribution in [0.1, 0.15) is 27.2 Å². The van der Waals surface area contributed by atoms with Crippen molar-refractivity contribution in [2.75, 3.05) is 32.8 Å². The normalized spacial score (nSPS) is 18.8. The van der Waals surface area contributed by atoms with E-state index in [1.54, 1.807) is 0 Å². The Morgan fingerprint density at radius 1 is 1.35 bits per heavy atom. The molecule has 1 fully saturated rings. The van der Waals surface area contributed by atoms with Crippen molar-refractivity contribution in [3.05, 3.63) is 34.5 Å². The lowest BCUT2D eigenvalue weighted by atomic mass is 10.1. The predicted molar refractivity (Wildman–Crippen MR) is 92.0 cm³/mol. The summed E-state index contributed by atoms with van der Waals surface area (Å²) in [6.07, 6.45) is 0. The van der Waals surface area contributed by atoms with Crippen LogP contribution in [0, 0.1) is 26.7 Å². The van der Waals surface area contributed by atoms with Crippen LogP contribution in [0.2, 0.25) is 0 Å². The van der Waals surface area contributed by atoms with E-state index in [1.165, 1.54) is 11.1 Å². The van der Waals surface area contributed by atoms with Crippen LogP contribution < -0.4 is 10.6 Å². The number of carbonyl (C=O) groups excluding carboxylic acids is 1. The van der Waals surface area contributed by atoms with Crippen LogP contribution in [0.25, 0.3) is 10.9 Å². The van der Waals surface area contributed by atoms with Crippen molar-refractivity contribution in [3.8, 4) is 0 Å². The Hall–Kier alpha value is -1.85. The van der Waals surface area contributed by atoms with Gasteiger partial charge < -0.3 is 20.4 Å². The molecule has 3 rings (SSSR count). The van der Waals surface area contributed by atoms with Gasteiger partial charge in [-0.25, -0.2) is 0 Å². The molecule has 0 unspecified atom stereocenters. The number of H-pyrrole nitrogens is 1. The van der Waals surface area contributed by atoms with E-state index in [2.05, 4.69) is 41.6 Å². The van der Waals surface area contributed by atoms with Gasteiger partial charge in [-0.2, -0.15) is 0 Å². The maximum Gasteiger partial charge on any atom is 0.268 e. The Bertz CT molecular complexity index is 713. The molecule has 3 N–H and O–H groups in total. The average molecular weight is 315 g/mol. The number of aromatic amines is 1. The minimum absolute atomic E-state index is 0.0417. The minimum Gasteiger partial charge on any atom is -0.380 e. The number of fused-ring (bicyclic) bond motifs is 1. The standard InChI is InChI=1S/C18H25N3O2/c1-11-6-12(2)16-15(7-11)13(3)17(21-16)18(22)20-9-14-8-19-4-5-23-10-14/h6-7,14,19,21H,4-5,8-10H2,1-3H3,(H,20,22)/t14-/m1/s1. The van der Waals surface area contributed by atoms with Crippen LogP contribution in [-0.4, -0.2) is 43.7 Å². The number of hydrogen-bond donors (Lipinski definition) is 3. The highest BCUT2D eigenvalue weighted by atomic mass is 16.5. The maximum absolute atomic E-state index is 12.6. The van der Waals surface area contributed by atoms with Gasteiger partial charge in [-0.3, -0.25) is 4.79 Å². The first-order valence-electron chi connectivity index (χ1n) is 8.22. The molecule has 1 aromatic carbocycles. The summed E-state index contributed by atoms with van der Waals surface area (Å²) >= 11 is 0. The van der Waals surface area contributed by atoms with Crippen molar-refractivity contribution in [3.63, 3.8) is 0 Å². The first-order chi connectivity index (χ1) is 11.1. The molecule has 0 aliphatic carbocycles. The van der Waals surface area contributed by atoms with Crippen molar-refractivity contribution in [2.45, 2.75) is 20.8 Å². The molecule has 2 aromatic rings. The zero-order valence-electron chi connectivity index (χ0n) is 14.1. The number of amides is 1. The fourth-order valence-corrected chi connectivity index (χ4v) is 3.23. The third-order valence-corrected chi connectivity index (χ3v) is 4.50. The molecule has 1 atom stereocenters. The second kappa shape index (κ2) is 6.72. The van der Waals surface area contributed by atoms with Crippen molar-refractivity contribution in [1.82, 2.24) is 15.6 Å². The van der Waals surface area contributed by atoms with Gasteiger partial charge in [-0.15, -0.1) is 0 Å². The maximum atomic E-state index is 12.6. The highest BCUT2D eigenvalue weighted by Gasteiger charge is 2.18. The molecule has 1 aliphatic rings. The summed E-state index contributed by atoms with van der Waals surface area (Å²) in [4.78, 5) is 15.9. The summed E-state index contributed by atoms with van der Waals surface area (Å²) in [5.74, 6) is 0.273. The molecule has 5 heteroatoms. The number of aromatic nitrogens is 1. The Morgan fingerprint density at radius 2 is 2.17 bits per heavy atom. The van der Waals surface area contributed by atoms with E-state index in [-0.39, 0.29) is 5.91 Å². The van der Waals surface area contributed by atoms with E-state index in [0.29, 0.717) is 24.8 Å². The van der Waals surface area contributed by atoms with Crippen molar-refractivity contribution >= 4 is 16.8 Å². The molecular formula is C18H25N3O2. The van der Waals surface area contributed by atoms with Gasteiger partial charge in [-0.1, -0.05) is 11.6 Å². The van der Waals surface area contributed by atoms with Crippen LogP contribution in [0.4, 0.5) is 0 Å². The number of hydrogen-bond acceptors (Lipinski definition) is 3. The van der Waals surface area contributed by atoms with Gasteiger partial charge in [0, 0.05) is 36.5 Å². The third-order valence-electron chi connectivity index (χ3n) is 4.50. The molecule has 5 nitrogen and oxygen atoms in total. The molecule has 0 bridgehead atoms. The molecule has 0 radical (unpaired) electrons. The smallest absolute Gasteiger partial charge is 0.268 e. The topological polar surface area (TPSA) is 66.2 Å². The Labute approximate surface area is 136 Å². The highest BCUT2D eigenvalue weighted by molar-refractivity contribution is 6.01. The van der Waals surface area contributed by atoms with E-state index in [9.17, 15) is 4.79 Å². The number of rotatable bonds is 3. The highest BCUT2D eigenvalue weighted by Crippen LogP contribution is 2.25. The van der Waals surface area contributed by atoms with Crippen molar-refractivity contribution < 1.29 is 9.53 Å². The average Bonchev–Trinajstić information content (AvgIpc) is 2.71. The van der Waals surface area contributed by atoms with Crippen molar-refractivity contribution in [1.29, 1.82) is 0 Å². The van der Waals surface area contributed by atoms with Gasteiger partial charge in [0.05, 0.1) is 13.2 Å². The molecule has 1 amide bonds. The zero-order valence-corrected chi connectivity index (χ0v) is 14.1. The molecule has 2 heterocycles. The third kappa shape index (κ3) is 3.41. The summed E-state index contributed by atoms with van der Waals surface area (Å²) < 4.78 is 5.52. The van der Waals surface area contributed by atoms with Crippen molar-refractivity contribution in [2.24, 2.45) is 5.92 Å². The number of carbonyl (C=O) groups is 1. The van der Waals surface area contributed by atoms with Gasteiger partial charge in [0.15, 0.2) is 0 Å². The Kier molecular flexibility index (Phi) is 4.68. The molecule has 1 aliphatic heterocycles. The van der Waals surface area contributed by atoms with E-state index in [1.807, 2.05) is 6.92 Å². The van der Waals surface area contributed by atoms with Gasteiger partial charge in [0.25, 0.3) is 5.91 Å². The fraction of sp³-hybridized carbons (Fsp3) is 0.500. The van der Waals surface area contributed by atoms with Gasteiger partial charge in [-0.05, 0) is 38.0 Å². The second-order valence-electron chi connectivity index (χ2n) is 6.48. The van der Waals surface area contributed by atoms with E-state index in [0.717, 1.165) is 36.2 Å². The Morgan fingerprint density at radius 3 is 3.00 bits per heavy atom. The van der Waals surface area contributed by atoms with Crippen LogP contribution in [-0.2, 0) is 4.74 Å². The molecule has 0 saturated carbocycles. The molecular weight excluding hydrogens is 290 g/mol. The molecule has 0 spiro atoms. The van der Waals surface area contributed by atoms with Gasteiger partial charge >= 0.3 is 0 Å². The Balaban J connectivity index is 1.75. The lowest BCUT2D eigenvalue weighted by Gasteiger charge is -2.14. The largest absolute Gasteiger partial charge is 0.380 e. The van der Waals surface area contributed by atoms with E-state index < -0.39 is 0 Å². The molecule has 1 aromatic heterocycles. The molecule has 1 saturated heterocycles. The first kappa shape index (κ1) is 16.0. The fourth-order valence-electron chi connectivity index (χ4n) is 3.23. The summed E-state index contributed by atoms with van der Waals surface area (Å²) in [6, 6.07) is 4.27. The van der Waals surface area contributed by atoms with Gasteiger partial charge in [0.1, 0.15) is 5.69 Å². The SMILES string of the molecule is Cc1cc(C)c2[nH]c(C(=O)NC[C@H]3CNCCOC3)c(C)c2c1. The first-order valence-corrected chi connectivity index (χ1v) is 8.22. The van der Waals surface area contributed by atoms with Crippen LogP contribution in [0.15, 0.2) is 12.1 Å². The minimum atomic E-state index is -0.0417. The number of ether oxygens (including phenoxy) is 1. The van der Waals surface area contributed by atoms with E-state index >= 15 is 0 Å². The molecule has 124 valence electrons. The zero-order chi connectivity index (χ0) is 16.4.